The van der Waals surface area contributed by atoms with Crippen LogP contribution in [0.2, 0.25) is 0 Å². The van der Waals surface area contributed by atoms with E-state index in [1.807, 2.05) is 0 Å². The van der Waals surface area contributed by atoms with Crippen molar-refractivity contribution in [3.05, 3.63) is 48.5 Å². The van der Waals surface area contributed by atoms with Gasteiger partial charge in [0.1, 0.15) is 11.9 Å². The Morgan fingerprint density at radius 2 is 2.13 bits per heavy atom. The van der Waals surface area contributed by atoms with Crippen LogP contribution >= 0.6 is 0 Å². The molecule has 2 amide bonds. The smallest absolute Gasteiger partial charge is 0.414 e. The average molecular weight is 317 g/mol. The van der Waals surface area contributed by atoms with Gasteiger partial charge >= 0.3 is 6.09 Å². The van der Waals surface area contributed by atoms with Gasteiger partial charge in [0.25, 0.3) is 0 Å². The third-order valence-electron chi connectivity index (χ3n) is 3.58. The summed E-state index contributed by atoms with van der Waals surface area (Å²) in [6, 6.07) is 8.19. The van der Waals surface area contributed by atoms with Crippen molar-refractivity contribution in [3.8, 4) is 5.69 Å². The van der Waals surface area contributed by atoms with Crippen LogP contribution in [0, 0.1) is 5.82 Å². The van der Waals surface area contributed by atoms with Crippen molar-refractivity contribution in [1.82, 2.24) is 9.88 Å². The fourth-order valence-corrected chi connectivity index (χ4v) is 2.46. The Bertz CT molecular complexity index is 730. The Morgan fingerprint density at radius 1 is 1.39 bits per heavy atom. The number of nitrogens with zero attached hydrogens (tertiary/aromatic N) is 2. The first-order valence-corrected chi connectivity index (χ1v) is 7.20. The summed E-state index contributed by atoms with van der Waals surface area (Å²) in [6.45, 7) is 1.90. The summed E-state index contributed by atoms with van der Waals surface area (Å²) in [5.74, 6) is -0.626. The second kappa shape index (κ2) is 6.12. The maximum atomic E-state index is 14.3. The van der Waals surface area contributed by atoms with Gasteiger partial charge in [0.15, 0.2) is 0 Å². The molecule has 1 atom stereocenters. The lowest BCUT2D eigenvalue weighted by Gasteiger charge is -2.14. The minimum absolute atomic E-state index is 0.193. The van der Waals surface area contributed by atoms with Gasteiger partial charge in [-0.15, -0.1) is 0 Å². The van der Waals surface area contributed by atoms with E-state index in [4.69, 9.17) is 4.74 Å². The van der Waals surface area contributed by atoms with E-state index in [2.05, 4.69) is 5.32 Å². The Morgan fingerprint density at radius 3 is 2.78 bits per heavy atom. The number of halogens is 1. The molecule has 7 heteroatoms. The minimum Gasteiger partial charge on any atom is -0.442 e. The molecule has 1 aromatic carbocycles. The number of hydrogen-bond donors (Lipinski definition) is 1. The molecule has 1 saturated heterocycles. The van der Waals surface area contributed by atoms with Crippen molar-refractivity contribution >= 4 is 17.7 Å². The maximum absolute atomic E-state index is 14.3. The summed E-state index contributed by atoms with van der Waals surface area (Å²) < 4.78 is 21.1. The number of ether oxygens (including phenoxy) is 1. The molecular weight excluding hydrogens is 301 g/mol. The van der Waals surface area contributed by atoms with E-state index in [-0.39, 0.29) is 19.0 Å². The van der Waals surface area contributed by atoms with E-state index < -0.39 is 18.0 Å². The average Bonchev–Trinajstić information content (AvgIpc) is 3.14. The normalized spacial score (nSPS) is 17.2. The molecule has 3 rings (SSSR count). The Kier molecular flexibility index (Phi) is 4.01. The topological polar surface area (TPSA) is 63.6 Å². The monoisotopic (exact) mass is 317 g/mol. The standard InChI is InChI=1S/C16H16FN3O3/c1-11(21)18-9-13-10-20(16(22)23-13)12-4-5-15(14(17)8-12)19-6-2-3-7-19/h2-8,13H,9-10H2,1H3,(H,18,21). The molecule has 1 aromatic heterocycles. The largest absolute Gasteiger partial charge is 0.442 e. The summed E-state index contributed by atoms with van der Waals surface area (Å²) in [4.78, 5) is 24.2. The van der Waals surface area contributed by atoms with Crippen LogP contribution < -0.4 is 10.2 Å². The van der Waals surface area contributed by atoms with Crippen molar-refractivity contribution < 1.29 is 18.7 Å². The van der Waals surface area contributed by atoms with Gasteiger partial charge < -0.3 is 14.6 Å². The lowest BCUT2D eigenvalue weighted by atomic mass is 10.2. The molecule has 0 bridgehead atoms. The van der Waals surface area contributed by atoms with Gasteiger partial charge in [-0.05, 0) is 30.3 Å². The first-order chi connectivity index (χ1) is 11.0. The number of benzene rings is 1. The van der Waals surface area contributed by atoms with Gasteiger partial charge in [-0.1, -0.05) is 0 Å². The Labute approximate surface area is 132 Å². The highest BCUT2D eigenvalue weighted by molar-refractivity contribution is 5.90. The lowest BCUT2D eigenvalue weighted by molar-refractivity contribution is -0.119. The molecule has 1 unspecified atom stereocenters. The number of rotatable bonds is 4. The van der Waals surface area contributed by atoms with Crippen molar-refractivity contribution in [3.63, 3.8) is 0 Å². The summed E-state index contributed by atoms with van der Waals surface area (Å²) in [6.07, 6.45) is 2.49. The van der Waals surface area contributed by atoms with Crippen LogP contribution in [0.15, 0.2) is 42.7 Å². The van der Waals surface area contributed by atoms with E-state index >= 15 is 0 Å². The number of cyclic esters (lactones) is 1. The van der Waals surface area contributed by atoms with E-state index in [1.54, 1.807) is 41.2 Å². The zero-order chi connectivity index (χ0) is 16.4. The summed E-state index contributed by atoms with van der Waals surface area (Å²) in [5.41, 5.74) is 0.829. The molecule has 0 saturated carbocycles. The molecule has 1 N–H and O–H groups in total. The molecule has 0 spiro atoms. The van der Waals surface area contributed by atoms with Gasteiger partial charge in [-0.3, -0.25) is 9.69 Å². The molecule has 0 radical (unpaired) electrons. The van der Waals surface area contributed by atoms with Crippen molar-refractivity contribution in [1.29, 1.82) is 0 Å². The molecular formula is C16H16FN3O3. The summed E-state index contributed by atoms with van der Waals surface area (Å²) >= 11 is 0. The predicted octanol–water partition coefficient (Wildman–Crippen LogP) is 2.08. The Balaban J connectivity index is 1.76. The van der Waals surface area contributed by atoms with Crippen molar-refractivity contribution in [2.24, 2.45) is 0 Å². The molecule has 1 fully saturated rings. The second-order valence-electron chi connectivity index (χ2n) is 5.28. The van der Waals surface area contributed by atoms with Crippen molar-refractivity contribution in [2.45, 2.75) is 13.0 Å². The third kappa shape index (κ3) is 3.18. The van der Waals surface area contributed by atoms with Crippen LogP contribution in [0.3, 0.4) is 0 Å². The fraction of sp³-hybridized carbons (Fsp3) is 0.250. The zero-order valence-corrected chi connectivity index (χ0v) is 12.5. The summed E-state index contributed by atoms with van der Waals surface area (Å²) in [5, 5.41) is 2.60. The minimum atomic E-state index is -0.548. The highest BCUT2D eigenvalue weighted by Gasteiger charge is 2.32. The number of amides is 2. The molecule has 120 valence electrons. The number of carbonyl (C=O) groups is 2. The molecule has 0 aliphatic carbocycles. The second-order valence-corrected chi connectivity index (χ2v) is 5.28. The predicted molar refractivity (Wildman–Crippen MR) is 82.0 cm³/mol. The lowest BCUT2D eigenvalue weighted by Crippen LogP contribution is -2.33. The first-order valence-electron chi connectivity index (χ1n) is 7.20. The number of hydrogen-bond acceptors (Lipinski definition) is 3. The van der Waals surface area contributed by atoms with Crippen LogP contribution in [0.1, 0.15) is 6.92 Å². The number of carbonyl (C=O) groups excluding carboxylic acids is 2. The highest BCUT2D eigenvalue weighted by atomic mass is 19.1. The van der Waals surface area contributed by atoms with Gasteiger partial charge in [-0.2, -0.15) is 0 Å². The van der Waals surface area contributed by atoms with Gasteiger partial charge in [0, 0.05) is 19.3 Å². The van der Waals surface area contributed by atoms with Gasteiger partial charge in [-0.25, -0.2) is 9.18 Å². The van der Waals surface area contributed by atoms with E-state index in [0.717, 1.165) is 0 Å². The van der Waals surface area contributed by atoms with Gasteiger partial charge in [0.2, 0.25) is 5.91 Å². The maximum Gasteiger partial charge on any atom is 0.414 e. The first kappa shape index (κ1) is 15.1. The third-order valence-corrected chi connectivity index (χ3v) is 3.58. The number of aromatic nitrogens is 1. The van der Waals surface area contributed by atoms with E-state index in [9.17, 15) is 14.0 Å². The Hall–Kier alpha value is -2.83. The number of anilines is 1. The van der Waals surface area contributed by atoms with E-state index in [0.29, 0.717) is 11.4 Å². The van der Waals surface area contributed by atoms with Crippen LogP contribution in [0.5, 0.6) is 0 Å². The molecule has 23 heavy (non-hydrogen) atoms. The van der Waals surface area contributed by atoms with Crippen LogP contribution in [0.4, 0.5) is 14.9 Å². The molecule has 2 aromatic rings. The van der Waals surface area contributed by atoms with Crippen LogP contribution in [0.25, 0.3) is 5.69 Å². The highest BCUT2D eigenvalue weighted by Crippen LogP contribution is 2.25. The molecule has 1 aliphatic rings. The molecule has 1 aliphatic heterocycles. The van der Waals surface area contributed by atoms with Crippen molar-refractivity contribution in [2.75, 3.05) is 18.0 Å². The zero-order valence-electron chi connectivity index (χ0n) is 12.5. The summed E-state index contributed by atoms with van der Waals surface area (Å²) in [7, 11) is 0. The number of nitrogens with one attached hydrogen (secondary N) is 1. The SMILES string of the molecule is CC(=O)NCC1CN(c2ccc(-n3cccc3)c(F)c2)C(=O)O1. The quantitative estimate of drug-likeness (QED) is 0.939. The fourth-order valence-electron chi connectivity index (χ4n) is 2.46. The van der Waals surface area contributed by atoms with E-state index in [1.165, 1.54) is 17.9 Å². The molecule has 2 heterocycles. The molecule has 6 nitrogen and oxygen atoms in total. The van der Waals surface area contributed by atoms with Gasteiger partial charge in [0.05, 0.1) is 24.5 Å². The van der Waals surface area contributed by atoms with Crippen LogP contribution in [-0.2, 0) is 9.53 Å². The van der Waals surface area contributed by atoms with Crippen LogP contribution in [-0.4, -0.2) is 35.8 Å².